The van der Waals surface area contributed by atoms with Crippen LogP contribution in [0.25, 0.3) is 11.0 Å². The number of para-hydroxylation sites is 2. The molecule has 1 heterocycles. The van der Waals surface area contributed by atoms with Crippen molar-refractivity contribution in [2.24, 2.45) is 0 Å². The standard InChI is InChI=1S/C19H18N2O3S/c1-12-19(21-15-7-5-4-6-14(15)20-12)25-11-16(22)13-8-9-17(23-2)18(10-13)24-3/h4-10H,11H2,1-3H3. The highest BCUT2D eigenvalue weighted by Gasteiger charge is 2.13. The molecule has 0 saturated carbocycles. The van der Waals surface area contributed by atoms with Crippen LogP contribution < -0.4 is 9.47 Å². The second kappa shape index (κ2) is 7.53. The number of aromatic nitrogens is 2. The Labute approximate surface area is 150 Å². The van der Waals surface area contributed by atoms with Crippen molar-refractivity contribution in [3.8, 4) is 11.5 Å². The molecule has 0 aliphatic heterocycles. The van der Waals surface area contributed by atoms with Gasteiger partial charge in [0, 0.05) is 5.56 Å². The topological polar surface area (TPSA) is 61.3 Å². The summed E-state index contributed by atoms with van der Waals surface area (Å²) in [4.78, 5) is 21.6. The molecule has 0 fully saturated rings. The maximum Gasteiger partial charge on any atom is 0.173 e. The summed E-state index contributed by atoms with van der Waals surface area (Å²) < 4.78 is 10.4. The van der Waals surface area contributed by atoms with Crippen molar-refractivity contribution in [2.45, 2.75) is 11.9 Å². The van der Waals surface area contributed by atoms with Crippen LogP contribution in [0.15, 0.2) is 47.5 Å². The Hall–Kier alpha value is -2.60. The molecule has 2 aromatic carbocycles. The van der Waals surface area contributed by atoms with E-state index < -0.39 is 0 Å². The lowest BCUT2D eigenvalue weighted by atomic mass is 10.1. The first kappa shape index (κ1) is 17.2. The second-order valence-electron chi connectivity index (χ2n) is 5.38. The Morgan fingerprint density at radius 1 is 1.00 bits per heavy atom. The molecule has 5 nitrogen and oxygen atoms in total. The maximum absolute atomic E-state index is 12.5. The van der Waals surface area contributed by atoms with Crippen LogP contribution in [0.3, 0.4) is 0 Å². The number of methoxy groups -OCH3 is 2. The van der Waals surface area contributed by atoms with E-state index in [1.165, 1.54) is 11.8 Å². The van der Waals surface area contributed by atoms with Crippen LogP contribution in [0.2, 0.25) is 0 Å². The summed E-state index contributed by atoms with van der Waals surface area (Å²) in [5.74, 6) is 1.42. The van der Waals surface area contributed by atoms with E-state index in [-0.39, 0.29) is 11.5 Å². The molecule has 0 amide bonds. The molecule has 0 radical (unpaired) electrons. The zero-order chi connectivity index (χ0) is 17.8. The number of aryl methyl sites for hydroxylation is 1. The molecule has 0 aliphatic rings. The molecule has 3 aromatic rings. The molecule has 0 unspecified atom stereocenters. The fraction of sp³-hybridized carbons (Fsp3) is 0.211. The number of hydrogen-bond acceptors (Lipinski definition) is 6. The number of benzene rings is 2. The Morgan fingerprint density at radius 2 is 1.68 bits per heavy atom. The van der Waals surface area contributed by atoms with Crippen LogP contribution in [0, 0.1) is 6.92 Å². The highest BCUT2D eigenvalue weighted by molar-refractivity contribution is 8.00. The number of ether oxygens (including phenoxy) is 2. The van der Waals surface area contributed by atoms with Crippen molar-refractivity contribution in [1.29, 1.82) is 0 Å². The quantitative estimate of drug-likeness (QED) is 0.494. The molecule has 0 atom stereocenters. The number of rotatable bonds is 6. The van der Waals surface area contributed by atoms with E-state index in [1.807, 2.05) is 31.2 Å². The average Bonchev–Trinajstić information content (AvgIpc) is 2.65. The number of Topliss-reactive ketones (excluding diaryl/α,β-unsaturated/α-hetero) is 1. The van der Waals surface area contributed by atoms with Crippen molar-refractivity contribution in [2.75, 3.05) is 20.0 Å². The molecular weight excluding hydrogens is 336 g/mol. The molecule has 0 spiro atoms. The zero-order valence-electron chi connectivity index (χ0n) is 14.3. The molecule has 1 aromatic heterocycles. The van der Waals surface area contributed by atoms with Crippen LogP contribution in [0.1, 0.15) is 16.1 Å². The van der Waals surface area contributed by atoms with E-state index in [4.69, 9.17) is 9.47 Å². The predicted molar refractivity (Wildman–Crippen MR) is 98.9 cm³/mol. The minimum absolute atomic E-state index is 0.000289. The highest BCUT2D eigenvalue weighted by atomic mass is 32.2. The minimum atomic E-state index is 0.000289. The minimum Gasteiger partial charge on any atom is -0.493 e. The third kappa shape index (κ3) is 3.74. The van der Waals surface area contributed by atoms with E-state index in [9.17, 15) is 4.79 Å². The Morgan fingerprint density at radius 3 is 2.36 bits per heavy atom. The monoisotopic (exact) mass is 354 g/mol. The summed E-state index contributed by atoms with van der Waals surface area (Å²) in [7, 11) is 3.12. The van der Waals surface area contributed by atoms with E-state index in [0.717, 1.165) is 21.8 Å². The molecule has 0 saturated heterocycles. The van der Waals surface area contributed by atoms with Gasteiger partial charge in [0.2, 0.25) is 0 Å². The van der Waals surface area contributed by atoms with Gasteiger partial charge in [0.25, 0.3) is 0 Å². The summed E-state index contributed by atoms with van der Waals surface area (Å²) >= 11 is 1.39. The van der Waals surface area contributed by atoms with Gasteiger partial charge in [0.15, 0.2) is 17.3 Å². The fourth-order valence-corrected chi connectivity index (χ4v) is 3.29. The van der Waals surface area contributed by atoms with Gasteiger partial charge >= 0.3 is 0 Å². The van der Waals surface area contributed by atoms with Gasteiger partial charge in [-0.2, -0.15) is 0 Å². The summed E-state index contributed by atoms with van der Waals surface area (Å²) in [6.07, 6.45) is 0. The molecule has 0 N–H and O–H groups in total. The van der Waals surface area contributed by atoms with E-state index >= 15 is 0 Å². The Bertz CT molecular complexity index is 928. The molecule has 25 heavy (non-hydrogen) atoms. The number of carbonyl (C=O) groups excluding carboxylic acids is 1. The first-order valence-corrected chi connectivity index (χ1v) is 8.72. The van der Waals surface area contributed by atoms with Crippen molar-refractivity contribution < 1.29 is 14.3 Å². The van der Waals surface area contributed by atoms with Crippen molar-refractivity contribution >= 4 is 28.6 Å². The fourth-order valence-electron chi connectivity index (χ4n) is 2.44. The van der Waals surface area contributed by atoms with E-state index in [0.29, 0.717) is 17.1 Å². The van der Waals surface area contributed by atoms with Gasteiger partial charge in [-0.1, -0.05) is 23.9 Å². The third-order valence-electron chi connectivity index (χ3n) is 3.75. The largest absolute Gasteiger partial charge is 0.493 e. The Balaban J connectivity index is 1.77. The maximum atomic E-state index is 12.5. The normalized spacial score (nSPS) is 10.7. The van der Waals surface area contributed by atoms with E-state index in [1.54, 1.807) is 32.4 Å². The van der Waals surface area contributed by atoms with Crippen LogP contribution in [-0.2, 0) is 0 Å². The van der Waals surface area contributed by atoms with Gasteiger partial charge in [0.05, 0.1) is 36.7 Å². The summed E-state index contributed by atoms with van der Waals surface area (Å²) in [6.45, 7) is 1.91. The number of carbonyl (C=O) groups is 1. The highest BCUT2D eigenvalue weighted by Crippen LogP contribution is 2.29. The molecule has 0 bridgehead atoms. The first-order valence-electron chi connectivity index (χ1n) is 7.74. The molecule has 0 aliphatic carbocycles. The van der Waals surface area contributed by atoms with Gasteiger partial charge in [-0.25, -0.2) is 9.97 Å². The predicted octanol–water partition coefficient (Wildman–Crippen LogP) is 3.93. The van der Waals surface area contributed by atoms with Crippen molar-refractivity contribution in [1.82, 2.24) is 9.97 Å². The van der Waals surface area contributed by atoms with Gasteiger partial charge in [-0.15, -0.1) is 0 Å². The number of nitrogens with zero attached hydrogens (tertiary/aromatic N) is 2. The number of thioether (sulfide) groups is 1. The number of ketones is 1. The van der Waals surface area contributed by atoms with Crippen molar-refractivity contribution in [3.63, 3.8) is 0 Å². The SMILES string of the molecule is COc1ccc(C(=O)CSc2nc3ccccc3nc2C)cc1OC. The van der Waals surface area contributed by atoms with E-state index in [2.05, 4.69) is 9.97 Å². The lowest BCUT2D eigenvalue weighted by molar-refractivity contribution is 0.102. The third-order valence-corrected chi connectivity index (χ3v) is 4.81. The zero-order valence-corrected chi connectivity index (χ0v) is 15.1. The number of hydrogen-bond donors (Lipinski definition) is 0. The molecular formula is C19H18N2O3S. The smallest absolute Gasteiger partial charge is 0.173 e. The summed E-state index contributed by atoms with van der Waals surface area (Å²) in [6, 6.07) is 12.9. The van der Waals surface area contributed by atoms with Gasteiger partial charge in [0.1, 0.15) is 5.03 Å². The first-order chi connectivity index (χ1) is 12.1. The molecule has 3 rings (SSSR count). The number of fused-ring (bicyclic) bond motifs is 1. The van der Waals surface area contributed by atoms with Crippen LogP contribution in [0.5, 0.6) is 11.5 Å². The van der Waals surface area contributed by atoms with Crippen LogP contribution >= 0.6 is 11.8 Å². The second-order valence-corrected chi connectivity index (χ2v) is 6.35. The summed E-state index contributed by atoms with van der Waals surface area (Å²) in [5.41, 5.74) is 3.09. The lowest BCUT2D eigenvalue weighted by Crippen LogP contribution is -2.04. The van der Waals surface area contributed by atoms with Crippen LogP contribution in [-0.4, -0.2) is 35.7 Å². The van der Waals surface area contributed by atoms with Gasteiger partial charge < -0.3 is 9.47 Å². The average molecular weight is 354 g/mol. The van der Waals surface area contributed by atoms with Gasteiger partial charge in [-0.3, -0.25) is 4.79 Å². The summed E-state index contributed by atoms with van der Waals surface area (Å²) in [5, 5.41) is 0.771. The molecule has 128 valence electrons. The molecule has 6 heteroatoms. The van der Waals surface area contributed by atoms with Crippen molar-refractivity contribution in [3.05, 3.63) is 53.7 Å². The van der Waals surface area contributed by atoms with Crippen LogP contribution in [0.4, 0.5) is 0 Å². The lowest BCUT2D eigenvalue weighted by Gasteiger charge is -2.09. The van der Waals surface area contributed by atoms with Gasteiger partial charge in [-0.05, 0) is 37.3 Å². The Kier molecular flexibility index (Phi) is 5.19.